The number of hydrogen-bond acceptors (Lipinski definition) is 4. The Balaban J connectivity index is 1.44. The number of likely N-dealkylation sites (tertiary alicyclic amines) is 1. The fourth-order valence-electron chi connectivity index (χ4n) is 6.66. The lowest BCUT2D eigenvalue weighted by Crippen LogP contribution is -2.64. The van der Waals surface area contributed by atoms with Gasteiger partial charge in [0.15, 0.2) is 0 Å². The van der Waals surface area contributed by atoms with Gasteiger partial charge in [-0.3, -0.25) is 4.79 Å². The van der Waals surface area contributed by atoms with Crippen molar-refractivity contribution in [2.24, 2.45) is 28.9 Å². The summed E-state index contributed by atoms with van der Waals surface area (Å²) in [7, 11) is 0. The third kappa shape index (κ3) is 1.88. The normalized spacial score (nSPS) is 57.3. The summed E-state index contributed by atoms with van der Waals surface area (Å²) in [6, 6.07) is 0.370. The van der Waals surface area contributed by atoms with E-state index in [0.717, 1.165) is 32.1 Å². The van der Waals surface area contributed by atoms with Crippen LogP contribution in [-0.2, 0) is 4.79 Å². The molecule has 1 amide bonds. The predicted molar refractivity (Wildman–Crippen MR) is 82.8 cm³/mol. The van der Waals surface area contributed by atoms with Gasteiger partial charge >= 0.3 is 0 Å². The molecule has 5 saturated carbocycles. The van der Waals surface area contributed by atoms with Crippen molar-refractivity contribution < 1.29 is 12.6 Å². The number of nitrogens with zero attached hydrogens (tertiary/aromatic N) is 2. The largest absolute Gasteiger partial charge is 0.390 e. The zero-order valence-electron chi connectivity index (χ0n) is 15.2. The van der Waals surface area contributed by atoms with Gasteiger partial charge < -0.3 is 15.7 Å². The Hall–Kier alpha value is -1.12. The fraction of sp³-hybridized carbons (Fsp3) is 0.889. The summed E-state index contributed by atoms with van der Waals surface area (Å²) in [5.74, 6) is 0.380. The minimum atomic E-state index is -1.39. The first kappa shape index (κ1) is 12.3. The van der Waals surface area contributed by atoms with Gasteiger partial charge in [0.25, 0.3) is 0 Å². The molecule has 4 bridgehead atoms. The molecule has 0 radical (unpaired) electrons. The van der Waals surface area contributed by atoms with Crippen molar-refractivity contribution in [3.8, 4) is 6.07 Å². The third-order valence-electron chi connectivity index (χ3n) is 7.17. The number of aliphatic hydroxyl groups is 1. The molecule has 1 saturated heterocycles. The van der Waals surface area contributed by atoms with Crippen LogP contribution < -0.4 is 5.73 Å². The maximum absolute atomic E-state index is 13.3. The van der Waals surface area contributed by atoms with Gasteiger partial charge in [0.1, 0.15) is 6.04 Å². The van der Waals surface area contributed by atoms with E-state index in [1.54, 1.807) is 0 Å². The Labute approximate surface area is 139 Å². The first-order chi connectivity index (χ1) is 11.7. The summed E-state index contributed by atoms with van der Waals surface area (Å²) in [6.07, 6.45) is 4.13. The Morgan fingerprint density at radius 3 is 2.65 bits per heavy atom. The Morgan fingerprint density at radius 2 is 2.04 bits per heavy atom. The van der Waals surface area contributed by atoms with Crippen LogP contribution in [0.4, 0.5) is 0 Å². The van der Waals surface area contributed by atoms with Gasteiger partial charge in [-0.1, -0.05) is 0 Å². The summed E-state index contributed by atoms with van der Waals surface area (Å²) in [6.45, 7) is 0. The van der Waals surface area contributed by atoms with Gasteiger partial charge in [-0.2, -0.15) is 5.26 Å². The molecule has 23 heavy (non-hydrogen) atoms. The molecular weight excluding hydrogens is 291 g/mol. The average Bonchev–Trinajstić information content (AvgIpc) is 2.89. The molecule has 124 valence electrons. The van der Waals surface area contributed by atoms with E-state index in [4.69, 9.17) is 8.48 Å². The molecule has 0 aromatic rings. The van der Waals surface area contributed by atoms with Gasteiger partial charge in [0.2, 0.25) is 5.91 Å². The van der Waals surface area contributed by atoms with Crippen LogP contribution in [-0.4, -0.2) is 39.6 Å². The van der Waals surface area contributed by atoms with Crippen LogP contribution in [0.1, 0.15) is 54.1 Å². The number of carbonyl (C=O) groups excluding carboxylic acids is 1. The Morgan fingerprint density at radius 1 is 1.35 bits per heavy atom. The number of nitriles is 1. The van der Waals surface area contributed by atoms with Gasteiger partial charge in [-0.15, -0.1) is 0 Å². The van der Waals surface area contributed by atoms with Crippen LogP contribution in [0.3, 0.4) is 0 Å². The molecule has 8 atom stereocenters. The quantitative estimate of drug-likeness (QED) is 0.748. The highest BCUT2D eigenvalue weighted by Crippen LogP contribution is 2.63. The summed E-state index contributed by atoms with van der Waals surface area (Å²) in [5.41, 5.74) is 5.45. The molecule has 0 aromatic heterocycles. The van der Waals surface area contributed by atoms with E-state index in [0.29, 0.717) is 24.7 Å². The molecule has 1 heterocycles. The van der Waals surface area contributed by atoms with E-state index in [1.807, 2.05) is 0 Å². The van der Waals surface area contributed by atoms with Crippen LogP contribution >= 0.6 is 0 Å². The van der Waals surface area contributed by atoms with Crippen molar-refractivity contribution in [3.63, 3.8) is 0 Å². The van der Waals surface area contributed by atoms with Gasteiger partial charge in [-0.05, 0) is 74.5 Å². The topological polar surface area (TPSA) is 90.4 Å². The van der Waals surface area contributed by atoms with Crippen LogP contribution in [0.2, 0.25) is 0 Å². The second kappa shape index (κ2) is 4.29. The maximum Gasteiger partial charge on any atom is 0.241 e. The van der Waals surface area contributed by atoms with Gasteiger partial charge in [0.05, 0.1) is 17.7 Å². The zero-order valence-corrected chi connectivity index (χ0v) is 13.2. The van der Waals surface area contributed by atoms with Crippen molar-refractivity contribution in [1.29, 1.82) is 5.26 Å². The first-order valence-corrected chi connectivity index (χ1v) is 8.89. The second-order valence-electron chi connectivity index (χ2n) is 8.87. The summed E-state index contributed by atoms with van der Waals surface area (Å²) in [4.78, 5) is 14.7. The fourth-order valence-corrected chi connectivity index (χ4v) is 6.66. The molecule has 1 aliphatic heterocycles. The summed E-state index contributed by atoms with van der Waals surface area (Å²) >= 11 is 0. The minimum Gasteiger partial charge on any atom is -0.390 e. The number of hydrogen-bond donors (Lipinski definition) is 2. The van der Waals surface area contributed by atoms with E-state index in [1.165, 1.54) is 4.90 Å². The smallest absolute Gasteiger partial charge is 0.241 e. The molecule has 3 N–H and O–H groups in total. The van der Waals surface area contributed by atoms with Crippen LogP contribution in [0.5, 0.6) is 0 Å². The molecule has 0 aromatic carbocycles. The Kier molecular flexibility index (Phi) is 2.29. The van der Waals surface area contributed by atoms with Crippen molar-refractivity contribution >= 4 is 5.91 Å². The van der Waals surface area contributed by atoms with Crippen molar-refractivity contribution in [2.45, 2.75) is 75.0 Å². The van der Waals surface area contributed by atoms with Crippen LogP contribution in [0.25, 0.3) is 0 Å². The highest BCUT2D eigenvalue weighted by molar-refractivity contribution is 5.84. The lowest BCUT2D eigenvalue weighted by Gasteiger charge is -2.61. The van der Waals surface area contributed by atoms with Crippen LogP contribution in [0.15, 0.2) is 0 Å². The van der Waals surface area contributed by atoms with Crippen molar-refractivity contribution in [1.82, 2.24) is 4.90 Å². The van der Waals surface area contributed by atoms with E-state index in [-0.39, 0.29) is 17.2 Å². The monoisotopic (exact) mass is 318 g/mol. The minimum absolute atomic E-state index is 0.228. The van der Waals surface area contributed by atoms with E-state index >= 15 is 0 Å². The molecular formula is C18H25N3O2. The molecule has 5 heteroatoms. The lowest BCUT2D eigenvalue weighted by molar-refractivity contribution is -0.177. The van der Waals surface area contributed by atoms with Crippen molar-refractivity contribution in [3.05, 3.63) is 0 Å². The molecule has 6 rings (SSSR count). The number of nitrogens with two attached hydrogens (primary N) is 1. The highest BCUT2D eigenvalue weighted by Gasteiger charge is 2.62. The maximum atomic E-state index is 13.3. The van der Waals surface area contributed by atoms with E-state index in [9.17, 15) is 15.2 Å². The standard InChI is InChI=1S/C18H25N3O2/c19-8-13-2-12-3-14(12)21(13)16(22)15(20)17-4-10-1-11(5-17)7-18(23,6-10)9-17/h10-15,23H,1-7,9,20H2/t10-,11+,12-,13+,14+,15-,17?,18?/m1/s1/i3D2,16+1. The SMILES string of the molecule is [2H]C1([2H])[C@H]2C[C@@H](C#N)N([13C](=O)[C@@H](N)C34C[C@@H]5C[C@@H](CC(O)(C5)C3)C4)[C@H]21. The number of carbonyl (C=O) groups is 1. The molecule has 6 fully saturated rings. The molecule has 5 aliphatic carbocycles. The van der Waals surface area contributed by atoms with E-state index < -0.39 is 30.1 Å². The number of fused-ring (bicyclic) bond motifs is 1. The number of piperidine rings is 1. The molecule has 0 spiro atoms. The third-order valence-corrected chi connectivity index (χ3v) is 7.17. The lowest BCUT2D eigenvalue weighted by atomic mass is 9.47. The summed E-state index contributed by atoms with van der Waals surface area (Å²) < 4.78 is 16.1. The van der Waals surface area contributed by atoms with Crippen LogP contribution in [0, 0.1) is 34.5 Å². The average molecular weight is 318 g/mol. The highest BCUT2D eigenvalue weighted by atomic mass is 16.3. The zero-order chi connectivity index (χ0) is 17.8. The van der Waals surface area contributed by atoms with Crippen molar-refractivity contribution in [2.75, 3.05) is 0 Å². The number of amides is 1. The molecule has 5 nitrogen and oxygen atoms in total. The second-order valence-corrected chi connectivity index (χ2v) is 8.87. The molecule has 2 unspecified atom stereocenters. The van der Waals surface area contributed by atoms with Gasteiger partial charge in [0, 0.05) is 8.78 Å². The van der Waals surface area contributed by atoms with E-state index in [2.05, 4.69) is 6.07 Å². The predicted octanol–water partition coefficient (Wildman–Crippen LogP) is 1.16. The van der Waals surface area contributed by atoms with Gasteiger partial charge in [-0.25, -0.2) is 0 Å². The number of rotatable bonds is 2. The summed E-state index contributed by atoms with van der Waals surface area (Å²) in [5, 5.41) is 20.3. The Bertz CT molecular complexity index is 676. The first-order valence-electron chi connectivity index (χ1n) is 9.89. The molecule has 6 aliphatic rings.